The van der Waals surface area contributed by atoms with Gasteiger partial charge in [-0.2, -0.15) is 0 Å². The molecule has 0 spiro atoms. The van der Waals surface area contributed by atoms with Crippen molar-refractivity contribution in [3.63, 3.8) is 0 Å². The van der Waals surface area contributed by atoms with Crippen LogP contribution >= 0.6 is 0 Å². The van der Waals surface area contributed by atoms with E-state index in [1.807, 2.05) is 0 Å². The number of anilines is 1. The van der Waals surface area contributed by atoms with E-state index in [1.165, 1.54) is 43.4 Å². The van der Waals surface area contributed by atoms with Gasteiger partial charge in [0, 0.05) is 23.8 Å². The van der Waals surface area contributed by atoms with E-state index in [2.05, 4.69) is 36.1 Å². The van der Waals surface area contributed by atoms with E-state index in [-0.39, 0.29) is 0 Å². The zero-order valence-corrected chi connectivity index (χ0v) is 10.6. The SMILES string of the molecule is CC1CCc2ccccc2N1C1CCCC1N. The lowest BCUT2D eigenvalue weighted by Crippen LogP contribution is -2.50. The lowest BCUT2D eigenvalue weighted by Gasteiger charge is -2.43. The van der Waals surface area contributed by atoms with Crippen molar-refractivity contribution in [2.24, 2.45) is 5.73 Å². The van der Waals surface area contributed by atoms with Crippen molar-refractivity contribution >= 4 is 5.69 Å². The van der Waals surface area contributed by atoms with Crippen LogP contribution in [-0.2, 0) is 6.42 Å². The Labute approximate surface area is 104 Å². The van der Waals surface area contributed by atoms with E-state index >= 15 is 0 Å². The van der Waals surface area contributed by atoms with Crippen LogP contribution < -0.4 is 10.6 Å². The van der Waals surface area contributed by atoms with Gasteiger partial charge in [-0.3, -0.25) is 0 Å². The Morgan fingerprint density at radius 3 is 2.76 bits per heavy atom. The van der Waals surface area contributed by atoms with E-state index in [1.54, 1.807) is 0 Å². The molecule has 0 saturated heterocycles. The summed E-state index contributed by atoms with van der Waals surface area (Å²) < 4.78 is 0. The van der Waals surface area contributed by atoms with Crippen LogP contribution in [0.4, 0.5) is 5.69 Å². The summed E-state index contributed by atoms with van der Waals surface area (Å²) in [6, 6.07) is 10.4. The molecule has 3 rings (SSSR count). The molecule has 0 amide bonds. The Kier molecular flexibility index (Phi) is 2.83. The van der Waals surface area contributed by atoms with Crippen LogP contribution in [0.2, 0.25) is 0 Å². The highest BCUT2D eigenvalue weighted by Crippen LogP contribution is 2.36. The van der Waals surface area contributed by atoms with Gasteiger partial charge in [0.15, 0.2) is 0 Å². The summed E-state index contributed by atoms with van der Waals surface area (Å²) in [5.41, 5.74) is 9.23. The van der Waals surface area contributed by atoms with Crippen LogP contribution in [-0.4, -0.2) is 18.1 Å². The number of rotatable bonds is 1. The highest BCUT2D eigenvalue weighted by molar-refractivity contribution is 5.57. The van der Waals surface area contributed by atoms with Crippen LogP contribution in [0.5, 0.6) is 0 Å². The second-order valence-electron chi connectivity index (χ2n) is 5.59. The standard InChI is InChI=1S/C15H22N2/c1-11-9-10-12-5-2-3-7-14(12)17(11)15-8-4-6-13(15)16/h2-3,5,7,11,13,15H,4,6,8-10,16H2,1H3. The third kappa shape index (κ3) is 1.85. The predicted molar refractivity (Wildman–Crippen MR) is 72.3 cm³/mol. The molecule has 1 saturated carbocycles. The van der Waals surface area contributed by atoms with Crippen molar-refractivity contribution in [2.75, 3.05) is 4.90 Å². The summed E-state index contributed by atoms with van der Waals surface area (Å²) >= 11 is 0. The third-order valence-corrected chi connectivity index (χ3v) is 4.46. The number of fused-ring (bicyclic) bond motifs is 1. The van der Waals surface area contributed by atoms with Gasteiger partial charge in [-0.15, -0.1) is 0 Å². The zero-order valence-electron chi connectivity index (χ0n) is 10.6. The molecule has 17 heavy (non-hydrogen) atoms. The molecule has 3 atom stereocenters. The molecule has 2 N–H and O–H groups in total. The second kappa shape index (κ2) is 4.34. The van der Waals surface area contributed by atoms with Crippen LogP contribution in [0, 0.1) is 0 Å². The van der Waals surface area contributed by atoms with Gasteiger partial charge >= 0.3 is 0 Å². The molecular formula is C15H22N2. The second-order valence-corrected chi connectivity index (χ2v) is 5.59. The smallest absolute Gasteiger partial charge is 0.0444 e. The lowest BCUT2D eigenvalue weighted by atomic mass is 9.93. The van der Waals surface area contributed by atoms with Crippen molar-refractivity contribution < 1.29 is 0 Å². The fourth-order valence-corrected chi connectivity index (χ4v) is 3.54. The van der Waals surface area contributed by atoms with Gasteiger partial charge in [0.05, 0.1) is 0 Å². The molecule has 0 bridgehead atoms. The van der Waals surface area contributed by atoms with E-state index in [0.717, 1.165) is 0 Å². The van der Waals surface area contributed by atoms with Gasteiger partial charge in [0.25, 0.3) is 0 Å². The number of benzene rings is 1. The Morgan fingerprint density at radius 1 is 1.18 bits per heavy atom. The van der Waals surface area contributed by atoms with E-state index in [0.29, 0.717) is 18.1 Å². The minimum Gasteiger partial charge on any atom is -0.364 e. The molecule has 0 aromatic heterocycles. The minimum atomic E-state index is 0.364. The summed E-state index contributed by atoms with van der Waals surface area (Å²) in [6.07, 6.45) is 6.23. The summed E-state index contributed by atoms with van der Waals surface area (Å²) in [6.45, 7) is 2.35. The van der Waals surface area contributed by atoms with Crippen molar-refractivity contribution in [1.29, 1.82) is 0 Å². The number of hydrogen-bond acceptors (Lipinski definition) is 2. The average molecular weight is 230 g/mol. The highest BCUT2D eigenvalue weighted by atomic mass is 15.2. The van der Waals surface area contributed by atoms with Gasteiger partial charge in [-0.25, -0.2) is 0 Å². The maximum atomic E-state index is 6.29. The number of hydrogen-bond donors (Lipinski definition) is 1. The normalized spacial score (nSPS) is 32.6. The summed E-state index contributed by atoms with van der Waals surface area (Å²) in [5.74, 6) is 0. The van der Waals surface area contributed by atoms with Gasteiger partial charge in [0.2, 0.25) is 0 Å². The monoisotopic (exact) mass is 230 g/mol. The first-order valence-electron chi connectivity index (χ1n) is 6.89. The van der Waals surface area contributed by atoms with Gasteiger partial charge in [0.1, 0.15) is 0 Å². The molecule has 2 nitrogen and oxygen atoms in total. The largest absolute Gasteiger partial charge is 0.364 e. The molecule has 2 aliphatic rings. The van der Waals surface area contributed by atoms with Crippen LogP contribution in [0.3, 0.4) is 0 Å². The first-order chi connectivity index (χ1) is 8.27. The molecule has 1 aromatic carbocycles. The van der Waals surface area contributed by atoms with Crippen molar-refractivity contribution in [1.82, 2.24) is 0 Å². The maximum absolute atomic E-state index is 6.29. The zero-order chi connectivity index (χ0) is 11.8. The molecule has 1 aromatic rings. The van der Waals surface area contributed by atoms with E-state index in [9.17, 15) is 0 Å². The van der Waals surface area contributed by atoms with Crippen molar-refractivity contribution in [2.45, 2.75) is 57.2 Å². The topological polar surface area (TPSA) is 29.3 Å². The summed E-state index contributed by atoms with van der Waals surface area (Å²) in [4.78, 5) is 2.61. The summed E-state index contributed by atoms with van der Waals surface area (Å²) in [7, 11) is 0. The number of nitrogens with two attached hydrogens (primary N) is 1. The van der Waals surface area contributed by atoms with Gasteiger partial charge < -0.3 is 10.6 Å². The molecule has 2 heteroatoms. The third-order valence-electron chi connectivity index (χ3n) is 4.46. The fraction of sp³-hybridized carbons (Fsp3) is 0.600. The van der Waals surface area contributed by atoms with Crippen molar-refractivity contribution in [3.05, 3.63) is 29.8 Å². The molecule has 3 unspecified atom stereocenters. The maximum Gasteiger partial charge on any atom is 0.0444 e. The minimum absolute atomic E-state index is 0.364. The highest BCUT2D eigenvalue weighted by Gasteiger charge is 2.34. The van der Waals surface area contributed by atoms with E-state index in [4.69, 9.17) is 5.73 Å². The molecule has 1 heterocycles. The molecule has 1 aliphatic carbocycles. The molecule has 92 valence electrons. The molecule has 1 aliphatic heterocycles. The Hall–Kier alpha value is -1.02. The van der Waals surface area contributed by atoms with E-state index < -0.39 is 0 Å². The van der Waals surface area contributed by atoms with Gasteiger partial charge in [-0.05, 0) is 50.7 Å². The predicted octanol–water partition coefficient (Wildman–Crippen LogP) is 2.71. The van der Waals surface area contributed by atoms with Crippen LogP contribution in [0.1, 0.15) is 38.2 Å². The molecular weight excluding hydrogens is 208 g/mol. The van der Waals surface area contributed by atoms with Gasteiger partial charge in [-0.1, -0.05) is 18.2 Å². The number of aryl methyl sites for hydroxylation is 1. The first-order valence-corrected chi connectivity index (χ1v) is 6.89. The van der Waals surface area contributed by atoms with Crippen molar-refractivity contribution in [3.8, 4) is 0 Å². The number of nitrogens with zero attached hydrogens (tertiary/aromatic N) is 1. The first kappa shape index (κ1) is 11.1. The number of para-hydroxylation sites is 1. The molecule has 0 radical (unpaired) electrons. The fourth-order valence-electron chi connectivity index (χ4n) is 3.54. The Balaban J connectivity index is 1.97. The van der Waals surface area contributed by atoms with Crippen LogP contribution in [0.25, 0.3) is 0 Å². The quantitative estimate of drug-likeness (QED) is 0.803. The Morgan fingerprint density at radius 2 is 2.00 bits per heavy atom. The van der Waals surface area contributed by atoms with Crippen LogP contribution in [0.15, 0.2) is 24.3 Å². The Bertz CT molecular complexity index is 402. The lowest BCUT2D eigenvalue weighted by molar-refractivity contribution is 0.459. The molecule has 1 fully saturated rings. The average Bonchev–Trinajstić information content (AvgIpc) is 2.75. The summed E-state index contributed by atoms with van der Waals surface area (Å²) in [5, 5.41) is 0.